The molecule has 1 aliphatic heterocycles. The van der Waals surface area contributed by atoms with Crippen molar-refractivity contribution in [3.05, 3.63) is 89.7 Å². The van der Waals surface area contributed by atoms with E-state index in [-0.39, 0.29) is 23.6 Å². The van der Waals surface area contributed by atoms with E-state index in [9.17, 15) is 22.4 Å². The Bertz CT molecular complexity index is 1500. The van der Waals surface area contributed by atoms with Crippen LogP contribution in [0.3, 0.4) is 0 Å². The minimum atomic E-state index is -3.47. The number of amides is 2. The van der Waals surface area contributed by atoms with Gasteiger partial charge in [-0.1, -0.05) is 44.2 Å². The van der Waals surface area contributed by atoms with Gasteiger partial charge < -0.3 is 21.1 Å². The van der Waals surface area contributed by atoms with E-state index < -0.39 is 39.7 Å². The maximum absolute atomic E-state index is 13.7. The van der Waals surface area contributed by atoms with E-state index in [1.54, 1.807) is 25.1 Å². The molecule has 1 saturated heterocycles. The summed E-state index contributed by atoms with van der Waals surface area (Å²) in [5.74, 6) is -1.15. The summed E-state index contributed by atoms with van der Waals surface area (Å²) in [6, 6.07) is 18.7. The Morgan fingerprint density at radius 3 is 2.44 bits per heavy atom. The number of nitrogens with zero attached hydrogens (tertiary/aromatic N) is 1. The fourth-order valence-electron chi connectivity index (χ4n) is 5.00. The van der Waals surface area contributed by atoms with Gasteiger partial charge >= 0.3 is 0 Å². The third-order valence-corrected chi connectivity index (χ3v) is 9.20. The van der Waals surface area contributed by atoms with Crippen LogP contribution in [0.2, 0.25) is 0 Å². The van der Waals surface area contributed by atoms with Gasteiger partial charge in [0.2, 0.25) is 15.9 Å². The van der Waals surface area contributed by atoms with Crippen LogP contribution in [0.5, 0.6) is 5.75 Å². The lowest BCUT2D eigenvalue weighted by Gasteiger charge is -2.28. The number of ether oxygens (including phenoxy) is 1. The van der Waals surface area contributed by atoms with Crippen molar-refractivity contribution in [1.29, 1.82) is 0 Å². The molecule has 0 aromatic heterocycles. The van der Waals surface area contributed by atoms with Crippen LogP contribution in [0.15, 0.2) is 72.8 Å². The van der Waals surface area contributed by atoms with E-state index in [0.29, 0.717) is 43.1 Å². The van der Waals surface area contributed by atoms with E-state index in [1.807, 2.05) is 37.3 Å². The number of carbonyl (C=O) groups excluding carboxylic acids is 2. The van der Waals surface area contributed by atoms with Gasteiger partial charge in [-0.2, -0.15) is 0 Å². The zero-order valence-electron chi connectivity index (χ0n) is 24.5. The lowest BCUT2D eigenvalue weighted by molar-refractivity contribution is -0.119. The zero-order valence-corrected chi connectivity index (χ0v) is 25.3. The molecule has 4 rings (SSSR count). The molecule has 230 valence electrons. The minimum Gasteiger partial charge on any atom is -0.494 e. The van der Waals surface area contributed by atoms with Crippen molar-refractivity contribution in [2.24, 2.45) is 11.7 Å². The van der Waals surface area contributed by atoms with E-state index >= 15 is 0 Å². The van der Waals surface area contributed by atoms with Gasteiger partial charge in [0, 0.05) is 41.9 Å². The van der Waals surface area contributed by atoms with Gasteiger partial charge in [-0.05, 0) is 67.6 Å². The van der Waals surface area contributed by atoms with Crippen molar-refractivity contribution in [3.8, 4) is 5.75 Å². The third kappa shape index (κ3) is 8.77. The van der Waals surface area contributed by atoms with Crippen molar-refractivity contribution in [3.63, 3.8) is 0 Å². The van der Waals surface area contributed by atoms with Crippen molar-refractivity contribution in [2.45, 2.75) is 51.6 Å². The molecule has 1 aliphatic rings. The number of carbonyl (C=O) groups is 2. The molecule has 3 atom stereocenters. The molecular formula is C32H39FN4O5S. The first-order valence-electron chi connectivity index (χ1n) is 14.5. The van der Waals surface area contributed by atoms with Crippen molar-refractivity contribution in [2.75, 3.05) is 28.5 Å². The average molecular weight is 611 g/mol. The number of benzene rings is 3. The molecule has 0 radical (unpaired) electrons. The molecule has 3 aromatic carbocycles. The predicted molar refractivity (Wildman–Crippen MR) is 166 cm³/mol. The Morgan fingerprint density at radius 1 is 1.07 bits per heavy atom. The first kappa shape index (κ1) is 32.0. The number of halogens is 1. The van der Waals surface area contributed by atoms with Gasteiger partial charge in [0.25, 0.3) is 5.91 Å². The van der Waals surface area contributed by atoms with Gasteiger partial charge in [0.05, 0.1) is 18.0 Å². The van der Waals surface area contributed by atoms with Crippen molar-refractivity contribution < 1.29 is 27.1 Å². The summed E-state index contributed by atoms with van der Waals surface area (Å²) in [5, 5.41) is 5.82. The first-order chi connectivity index (χ1) is 20.6. The van der Waals surface area contributed by atoms with Crippen LogP contribution in [-0.4, -0.2) is 51.2 Å². The first-order valence-corrected chi connectivity index (χ1v) is 16.1. The highest BCUT2D eigenvalue weighted by Crippen LogP contribution is 2.30. The summed E-state index contributed by atoms with van der Waals surface area (Å²) < 4.78 is 45.7. The molecule has 0 aliphatic carbocycles. The fraction of sp³-hybridized carbons (Fsp3) is 0.375. The Hall–Kier alpha value is -3.96. The number of hydrogen-bond donors (Lipinski definition) is 3. The second-order valence-corrected chi connectivity index (χ2v) is 12.9. The Labute approximate surface area is 252 Å². The number of anilines is 2. The third-order valence-electron chi connectivity index (χ3n) is 7.33. The topological polar surface area (TPSA) is 131 Å². The molecule has 0 unspecified atom stereocenters. The van der Waals surface area contributed by atoms with Gasteiger partial charge in [0.15, 0.2) is 0 Å². The van der Waals surface area contributed by atoms with Crippen LogP contribution in [-0.2, 0) is 21.2 Å². The molecular weight excluding hydrogens is 571 g/mol. The highest BCUT2D eigenvalue weighted by atomic mass is 32.2. The van der Waals surface area contributed by atoms with Crippen LogP contribution >= 0.6 is 0 Å². The number of nitrogens with one attached hydrogen (secondary N) is 2. The second-order valence-electron chi connectivity index (χ2n) is 10.9. The van der Waals surface area contributed by atoms with Crippen LogP contribution < -0.4 is 25.4 Å². The van der Waals surface area contributed by atoms with Gasteiger partial charge in [-0.25, -0.2) is 12.8 Å². The monoisotopic (exact) mass is 610 g/mol. The average Bonchev–Trinajstić information content (AvgIpc) is 3.35. The summed E-state index contributed by atoms with van der Waals surface area (Å²) in [4.78, 5) is 26.6. The van der Waals surface area contributed by atoms with Crippen LogP contribution in [0.1, 0.15) is 49.0 Å². The number of hydrogen-bond acceptors (Lipinski definition) is 6. The van der Waals surface area contributed by atoms with Gasteiger partial charge in [-0.3, -0.25) is 13.9 Å². The number of rotatable bonds is 13. The molecule has 43 heavy (non-hydrogen) atoms. The van der Waals surface area contributed by atoms with Crippen LogP contribution in [0.25, 0.3) is 0 Å². The quantitative estimate of drug-likeness (QED) is 0.262. The van der Waals surface area contributed by atoms with E-state index in [2.05, 4.69) is 10.6 Å². The molecule has 0 bridgehead atoms. The standard InChI is InChI=1S/C32H39FN4O5S/c1-3-15-42-28-20-24(19-27(21-28)37-14-7-16-43(37,40)41)32(39)36-30(18-23-8-5-4-6-9-23)29(34)17-22(2)31(38)35-26-12-10-25(33)11-13-26/h4-6,8-13,19-22,29-30H,3,7,14-18,34H2,1-2H3,(H,35,38)(H,36,39)/t22-,29+,30+/m1/s1. The van der Waals surface area contributed by atoms with Crippen molar-refractivity contribution >= 4 is 33.2 Å². The summed E-state index contributed by atoms with van der Waals surface area (Å²) >= 11 is 0. The van der Waals surface area contributed by atoms with Gasteiger partial charge in [-0.15, -0.1) is 0 Å². The van der Waals surface area contributed by atoms with Crippen LogP contribution in [0.4, 0.5) is 15.8 Å². The summed E-state index contributed by atoms with van der Waals surface area (Å²) in [6.07, 6.45) is 1.93. The largest absolute Gasteiger partial charge is 0.494 e. The number of nitrogens with two attached hydrogens (primary N) is 1. The Kier molecular flexibility index (Phi) is 10.8. The maximum Gasteiger partial charge on any atom is 0.251 e. The smallest absolute Gasteiger partial charge is 0.251 e. The lowest BCUT2D eigenvalue weighted by Crippen LogP contribution is -2.50. The molecule has 9 nitrogen and oxygen atoms in total. The molecule has 11 heteroatoms. The highest BCUT2D eigenvalue weighted by Gasteiger charge is 2.30. The summed E-state index contributed by atoms with van der Waals surface area (Å²) in [6.45, 7) is 4.45. The van der Waals surface area contributed by atoms with Crippen molar-refractivity contribution in [1.82, 2.24) is 5.32 Å². The fourth-order valence-corrected chi connectivity index (χ4v) is 6.55. The van der Waals surface area contributed by atoms with E-state index in [0.717, 1.165) is 12.0 Å². The highest BCUT2D eigenvalue weighted by molar-refractivity contribution is 7.93. The molecule has 0 saturated carbocycles. The molecule has 1 fully saturated rings. The zero-order chi connectivity index (χ0) is 31.0. The second kappa shape index (κ2) is 14.5. The number of sulfonamides is 1. The normalized spacial score (nSPS) is 16.2. The Morgan fingerprint density at radius 2 is 1.79 bits per heavy atom. The lowest BCUT2D eigenvalue weighted by atomic mass is 9.92. The Balaban J connectivity index is 1.54. The summed E-state index contributed by atoms with van der Waals surface area (Å²) in [5.41, 5.74) is 8.71. The van der Waals surface area contributed by atoms with Crippen LogP contribution in [0, 0.1) is 11.7 Å². The molecule has 4 N–H and O–H groups in total. The maximum atomic E-state index is 13.7. The van der Waals surface area contributed by atoms with E-state index in [4.69, 9.17) is 10.5 Å². The molecule has 1 heterocycles. The molecule has 0 spiro atoms. The minimum absolute atomic E-state index is 0.0511. The van der Waals surface area contributed by atoms with Gasteiger partial charge in [0.1, 0.15) is 11.6 Å². The summed E-state index contributed by atoms with van der Waals surface area (Å²) in [7, 11) is -3.47. The molecule has 2 amide bonds. The molecule has 3 aromatic rings. The van der Waals surface area contributed by atoms with E-state index in [1.165, 1.54) is 28.6 Å². The SMILES string of the molecule is CCCOc1cc(C(=O)N[C@@H](Cc2ccccc2)[C@@H](N)C[C@@H](C)C(=O)Nc2ccc(F)cc2)cc(N2CCCS2(=O)=O)c1. The predicted octanol–water partition coefficient (Wildman–Crippen LogP) is 4.49.